The lowest BCUT2D eigenvalue weighted by atomic mass is 10.1. The molecule has 6 nitrogen and oxygen atoms in total. The van der Waals surface area contributed by atoms with Crippen LogP contribution in [0.3, 0.4) is 0 Å². The molecular weight excluding hydrogens is 344 g/mol. The summed E-state index contributed by atoms with van der Waals surface area (Å²) in [6.07, 6.45) is 0. The SMILES string of the molecule is COc1cc(-n2c(C)ccc2-c2cc(OC)c(OC)c(OC)c2)ccc1N. The highest BCUT2D eigenvalue weighted by molar-refractivity contribution is 5.72. The van der Waals surface area contributed by atoms with E-state index in [9.17, 15) is 0 Å². The lowest BCUT2D eigenvalue weighted by molar-refractivity contribution is 0.324. The molecule has 0 radical (unpaired) electrons. The monoisotopic (exact) mass is 368 g/mol. The number of nitrogens with two attached hydrogens (primary N) is 1. The summed E-state index contributed by atoms with van der Waals surface area (Å²) in [5, 5.41) is 0. The quantitative estimate of drug-likeness (QED) is 0.664. The Morgan fingerprint density at radius 3 is 1.93 bits per heavy atom. The largest absolute Gasteiger partial charge is 0.495 e. The van der Waals surface area contributed by atoms with Crippen molar-refractivity contribution in [2.75, 3.05) is 34.2 Å². The third-order valence-corrected chi connectivity index (χ3v) is 4.51. The van der Waals surface area contributed by atoms with Gasteiger partial charge in [-0.2, -0.15) is 0 Å². The van der Waals surface area contributed by atoms with Crippen molar-refractivity contribution in [2.45, 2.75) is 6.92 Å². The van der Waals surface area contributed by atoms with Crippen LogP contribution in [0.2, 0.25) is 0 Å². The normalized spacial score (nSPS) is 10.6. The molecule has 27 heavy (non-hydrogen) atoms. The first kappa shape index (κ1) is 18.5. The van der Waals surface area contributed by atoms with Gasteiger partial charge in [-0.25, -0.2) is 0 Å². The summed E-state index contributed by atoms with van der Waals surface area (Å²) in [6, 6.07) is 13.7. The van der Waals surface area contributed by atoms with Crippen LogP contribution < -0.4 is 24.7 Å². The lowest BCUT2D eigenvalue weighted by Gasteiger charge is -2.17. The summed E-state index contributed by atoms with van der Waals surface area (Å²) >= 11 is 0. The van der Waals surface area contributed by atoms with E-state index in [1.54, 1.807) is 28.4 Å². The molecule has 0 aliphatic carbocycles. The number of nitrogens with zero attached hydrogens (tertiary/aromatic N) is 1. The second-order valence-electron chi connectivity index (χ2n) is 6.04. The van der Waals surface area contributed by atoms with Crippen molar-refractivity contribution < 1.29 is 18.9 Å². The summed E-state index contributed by atoms with van der Waals surface area (Å²) in [7, 11) is 6.41. The van der Waals surface area contributed by atoms with E-state index in [2.05, 4.69) is 16.7 Å². The maximum Gasteiger partial charge on any atom is 0.203 e. The van der Waals surface area contributed by atoms with Crippen LogP contribution >= 0.6 is 0 Å². The average molecular weight is 368 g/mol. The Bertz CT molecular complexity index is 938. The van der Waals surface area contributed by atoms with E-state index >= 15 is 0 Å². The predicted molar refractivity (Wildman–Crippen MR) is 107 cm³/mol. The number of aryl methyl sites for hydroxylation is 1. The van der Waals surface area contributed by atoms with E-state index in [4.69, 9.17) is 24.7 Å². The minimum absolute atomic E-state index is 0.563. The van der Waals surface area contributed by atoms with Crippen molar-refractivity contribution in [3.8, 4) is 39.9 Å². The van der Waals surface area contributed by atoms with Gasteiger partial charge in [0.05, 0.1) is 39.8 Å². The van der Waals surface area contributed by atoms with Crippen molar-refractivity contribution in [1.29, 1.82) is 0 Å². The molecule has 0 bridgehead atoms. The zero-order valence-corrected chi connectivity index (χ0v) is 16.2. The molecule has 0 atom stereocenters. The Labute approximate surface area is 159 Å². The van der Waals surface area contributed by atoms with Crippen LogP contribution in [0.4, 0.5) is 5.69 Å². The zero-order valence-electron chi connectivity index (χ0n) is 16.2. The molecule has 1 aromatic heterocycles. The van der Waals surface area contributed by atoms with E-state index in [1.165, 1.54) is 0 Å². The fourth-order valence-electron chi connectivity index (χ4n) is 3.17. The molecule has 142 valence electrons. The van der Waals surface area contributed by atoms with Gasteiger partial charge in [0.2, 0.25) is 5.75 Å². The smallest absolute Gasteiger partial charge is 0.203 e. The lowest BCUT2D eigenvalue weighted by Crippen LogP contribution is -2.02. The minimum atomic E-state index is 0.563. The number of hydrogen-bond donors (Lipinski definition) is 1. The molecule has 2 N–H and O–H groups in total. The Balaban J connectivity index is 2.21. The van der Waals surface area contributed by atoms with Crippen molar-refractivity contribution >= 4 is 5.69 Å². The summed E-state index contributed by atoms with van der Waals surface area (Å²) < 4.78 is 23.9. The number of anilines is 1. The minimum Gasteiger partial charge on any atom is -0.495 e. The molecule has 3 rings (SSSR count). The van der Waals surface area contributed by atoms with Gasteiger partial charge in [0.15, 0.2) is 11.5 Å². The molecule has 0 saturated carbocycles. The van der Waals surface area contributed by atoms with Crippen LogP contribution in [0.1, 0.15) is 5.69 Å². The number of rotatable bonds is 6. The number of aromatic nitrogens is 1. The Kier molecular flexibility index (Phi) is 5.16. The molecule has 3 aromatic rings. The van der Waals surface area contributed by atoms with Gasteiger partial charge in [0.25, 0.3) is 0 Å². The van der Waals surface area contributed by atoms with Crippen LogP contribution in [-0.4, -0.2) is 33.0 Å². The van der Waals surface area contributed by atoms with Gasteiger partial charge in [0, 0.05) is 23.0 Å². The van der Waals surface area contributed by atoms with Crippen LogP contribution in [0.5, 0.6) is 23.0 Å². The topological polar surface area (TPSA) is 67.9 Å². The van der Waals surface area contributed by atoms with Gasteiger partial charge < -0.3 is 29.2 Å². The van der Waals surface area contributed by atoms with Gasteiger partial charge in [0.1, 0.15) is 5.75 Å². The first-order chi connectivity index (χ1) is 13.0. The van der Waals surface area contributed by atoms with Gasteiger partial charge in [-0.3, -0.25) is 0 Å². The van der Waals surface area contributed by atoms with E-state index in [-0.39, 0.29) is 0 Å². The second kappa shape index (κ2) is 7.53. The zero-order chi connectivity index (χ0) is 19.6. The molecule has 6 heteroatoms. The summed E-state index contributed by atoms with van der Waals surface area (Å²) in [5.74, 6) is 2.41. The third kappa shape index (κ3) is 3.26. The summed E-state index contributed by atoms with van der Waals surface area (Å²) in [4.78, 5) is 0. The molecular formula is C21H24N2O4. The molecule has 0 aliphatic heterocycles. The third-order valence-electron chi connectivity index (χ3n) is 4.51. The van der Waals surface area contributed by atoms with Crippen LogP contribution in [-0.2, 0) is 0 Å². The molecule has 0 amide bonds. The number of hydrogen-bond acceptors (Lipinski definition) is 5. The highest BCUT2D eigenvalue weighted by Gasteiger charge is 2.17. The summed E-state index contributed by atoms with van der Waals surface area (Å²) in [6.45, 7) is 2.05. The summed E-state index contributed by atoms with van der Waals surface area (Å²) in [5.41, 5.74) is 10.5. The van der Waals surface area contributed by atoms with Crippen molar-refractivity contribution in [3.63, 3.8) is 0 Å². The second-order valence-corrected chi connectivity index (χ2v) is 6.04. The fraction of sp³-hybridized carbons (Fsp3) is 0.238. The van der Waals surface area contributed by atoms with E-state index in [0.29, 0.717) is 28.7 Å². The molecule has 2 aromatic carbocycles. The Morgan fingerprint density at radius 2 is 1.37 bits per heavy atom. The molecule has 1 heterocycles. The van der Waals surface area contributed by atoms with E-state index in [0.717, 1.165) is 22.6 Å². The average Bonchev–Trinajstić information content (AvgIpc) is 3.08. The molecule has 0 saturated heterocycles. The maximum absolute atomic E-state index is 5.97. The predicted octanol–water partition coefficient (Wildman–Crippen LogP) is 4.07. The molecule has 0 aliphatic rings. The van der Waals surface area contributed by atoms with Crippen LogP contribution in [0.25, 0.3) is 16.9 Å². The van der Waals surface area contributed by atoms with Gasteiger partial charge >= 0.3 is 0 Å². The molecule has 0 fully saturated rings. The Morgan fingerprint density at radius 1 is 0.741 bits per heavy atom. The molecule has 0 spiro atoms. The number of ether oxygens (including phenoxy) is 4. The highest BCUT2D eigenvalue weighted by atomic mass is 16.5. The number of benzene rings is 2. The number of methoxy groups -OCH3 is 4. The van der Waals surface area contributed by atoms with Gasteiger partial charge in [-0.1, -0.05) is 0 Å². The van der Waals surface area contributed by atoms with Gasteiger partial charge in [-0.05, 0) is 43.3 Å². The number of nitrogen functional groups attached to an aromatic ring is 1. The highest BCUT2D eigenvalue weighted by Crippen LogP contribution is 2.42. The standard InChI is InChI=1S/C21H24N2O4/c1-13-6-9-17(23(13)15-7-8-16(22)18(12-15)24-2)14-10-19(25-3)21(27-5)20(11-14)26-4/h6-12H,22H2,1-5H3. The van der Waals surface area contributed by atoms with E-state index in [1.807, 2.05) is 37.3 Å². The van der Waals surface area contributed by atoms with E-state index < -0.39 is 0 Å². The Hall–Kier alpha value is -3.28. The van der Waals surface area contributed by atoms with Crippen molar-refractivity contribution in [3.05, 3.63) is 48.2 Å². The fourth-order valence-corrected chi connectivity index (χ4v) is 3.17. The van der Waals surface area contributed by atoms with Crippen LogP contribution in [0, 0.1) is 6.92 Å². The first-order valence-electron chi connectivity index (χ1n) is 8.46. The van der Waals surface area contributed by atoms with Crippen molar-refractivity contribution in [1.82, 2.24) is 4.57 Å². The van der Waals surface area contributed by atoms with Crippen molar-refractivity contribution in [2.24, 2.45) is 0 Å². The first-order valence-corrected chi connectivity index (χ1v) is 8.46. The molecule has 0 unspecified atom stereocenters. The maximum atomic E-state index is 5.97. The van der Waals surface area contributed by atoms with Gasteiger partial charge in [-0.15, -0.1) is 0 Å². The van der Waals surface area contributed by atoms with Crippen LogP contribution in [0.15, 0.2) is 42.5 Å².